The van der Waals surface area contributed by atoms with Crippen LogP contribution in [0.25, 0.3) is 16.8 Å². The van der Waals surface area contributed by atoms with E-state index in [0.29, 0.717) is 0 Å². The molecule has 0 radical (unpaired) electrons. The highest BCUT2D eigenvalue weighted by Gasteiger charge is 2.40. The van der Waals surface area contributed by atoms with Crippen LogP contribution in [0.5, 0.6) is 5.75 Å². The number of carboxylic acids is 1. The molecule has 30 heavy (non-hydrogen) atoms. The van der Waals surface area contributed by atoms with Gasteiger partial charge in [0.05, 0.1) is 0 Å². The van der Waals surface area contributed by atoms with E-state index in [1.54, 1.807) is 6.07 Å². The minimum Gasteiger partial charge on any atom is -0.507 e. The first-order valence-electron chi connectivity index (χ1n) is 10.1. The molecule has 2 N–H and O–H groups in total. The highest BCUT2D eigenvalue weighted by atomic mass is 16.4. The van der Waals surface area contributed by atoms with E-state index in [2.05, 4.69) is 68.1 Å². The fraction of sp³-hybridized carbons (Fsp3) is 0.192. The molecule has 1 heterocycles. The van der Waals surface area contributed by atoms with E-state index in [-0.39, 0.29) is 16.7 Å². The van der Waals surface area contributed by atoms with Crippen LogP contribution >= 0.6 is 0 Å². The molecule has 0 saturated carbocycles. The third-order valence-electron chi connectivity index (χ3n) is 5.87. The number of aromatic hydroxyl groups is 1. The molecule has 3 aromatic rings. The van der Waals surface area contributed by atoms with Crippen LogP contribution in [0.3, 0.4) is 0 Å². The fourth-order valence-electron chi connectivity index (χ4n) is 4.46. The molecule has 4 rings (SSSR count). The zero-order chi connectivity index (χ0) is 21.5. The molecule has 0 unspecified atom stereocenters. The van der Waals surface area contributed by atoms with E-state index in [4.69, 9.17) is 5.11 Å². The summed E-state index contributed by atoms with van der Waals surface area (Å²) in [5.74, 6) is -1.37. The zero-order valence-electron chi connectivity index (χ0n) is 17.4. The van der Waals surface area contributed by atoms with Gasteiger partial charge in [-0.05, 0) is 53.1 Å². The number of anilines is 1. The Hall–Kier alpha value is -3.53. The number of allylic oxidation sites excluding steroid dienone is 3. The topological polar surface area (TPSA) is 60.8 Å². The Bertz CT molecular complexity index is 1200. The van der Waals surface area contributed by atoms with Gasteiger partial charge in [0.2, 0.25) is 0 Å². The van der Waals surface area contributed by atoms with E-state index < -0.39 is 5.97 Å². The van der Waals surface area contributed by atoms with Gasteiger partial charge in [-0.25, -0.2) is 4.79 Å². The maximum Gasteiger partial charge on any atom is 0.339 e. The molecule has 1 aliphatic heterocycles. The molecule has 0 atom stereocenters. The molecule has 4 nitrogen and oxygen atoms in total. The van der Waals surface area contributed by atoms with E-state index in [9.17, 15) is 9.90 Å². The molecule has 0 aromatic heterocycles. The summed E-state index contributed by atoms with van der Waals surface area (Å²) in [6, 6.07) is 17.5. The number of rotatable bonds is 4. The van der Waals surface area contributed by atoms with Crippen LogP contribution in [0.1, 0.15) is 42.3 Å². The number of carboxylic acid groups (broad SMARTS) is 1. The lowest BCUT2D eigenvalue weighted by molar-refractivity contribution is 0.0693. The number of aromatic carboxylic acids is 1. The van der Waals surface area contributed by atoms with Gasteiger partial charge < -0.3 is 15.1 Å². The lowest BCUT2D eigenvalue weighted by Crippen LogP contribution is -2.25. The second kappa shape index (κ2) is 7.38. The third-order valence-corrected chi connectivity index (χ3v) is 5.87. The van der Waals surface area contributed by atoms with Gasteiger partial charge in [0.25, 0.3) is 0 Å². The average molecular weight is 399 g/mol. The Kier molecular flexibility index (Phi) is 4.86. The highest BCUT2D eigenvalue weighted by molar-refractivity contribution is 5.95. The van der Waals surface area contributed by atoms with Crippen molar-refractivity contribution in [2.45, 2.75) is 26.2 Å². The Morgan fingerprint density at radius 1 is 1.10 bits per heavy atom. The lowest BCUT2D eigenvalue weighted by atomic mass is 9.81. The summed E-state index contributed by atoms with van der Waals surface area (Å²) in [6.45, 7) is 7.52. The Morgan fingerprint density at radius 2 is 1.87 bits per heavy atom. The number of likely N-dealkylation sites (N-methyl/N-ethyl adjacent to an activating group) is 1. The summed E-state index contributed by atoms with van der Waals surface area (Å²) in [5, 5.41) is 21.5. The first kappa shape index (κ1) is 19.8. The van der Waals surface area contributed by atoms with Crippen molar-refractivity contribution in [3.63, 3.8) is 0 Å². The first-order chi connectivity index (χ1) is 14.3. The number of hydrogen-bond donors (Lipinski definition) is 2. The summed E-state index contributed by atoms with van der Waals surface area (Å²) in [6.07, 6.45) is 5.95. The van der Waals surface area contributed by atoms with Crippen molar-refractivity contribution in [3.8, 4) is 5.75 Å². The van der Waals surface area contributed by atoms with Crippen LogP contribution in [-0.2, 0) is 5.41 Å². The van der Waals surface area contributed by atoms with E-state index in [0.717, 1.165) is 12.1 Å². The van der Waals surface area contributed by atoms with Crippen LogP contribution in [-0.4, -0.2) is 22.7 Å². The maximum absolute atomic E-state index is 11.1. The van der Waals surface area contributed by atoms with Gasteiger partial charge in [0, 0.05) is 23.3 Å². The first-order valence-corrected chi connectivity index (χ1v) is 10.1. The van der Waals surface area contributed by atoms with Gasteiger partial charge in [-0.15, -0.1) is 0 Å². The summed E-state index contributed by atoms with van der Waals surface area (Å²) < 4.78 is 0. The SMILES string of the molecule is CCN1/C(=C/C=C/c2ccc(C(=O)O)c(O)c2)C(C)(C)c2c1ccc1ccccc21. The van der Waals surface area contributed by atoms with Crippen molar-refractivity contribution in [3.05, 3.63) is 89.1 Å². The van der Waals surface area contributed by atoms with Crippen molar-refractivity contribution in [1.29, 1.82) is 0 Å². The minimum absolute atomic E-state index is 0.0954. The fourth-order valence-corrected chi connectivity index (χ4v) is 4.46. The molecule has 1 aliphatic rings. The summed E-state index contributed by atoms with van der Waals surface area (Å²) in [4.78, 5) is 13.4. The highest BCUT2D eigenvalue weighted by Crippen LogP contribution is 2.50. The summed E-state index contributed by atoms with van der Waals surface area (Å²) in [5.41, 5.74) is 4.28. The monoisotopic (exact) mass is 399 g/mol. The number of nitrogens with zero attached hydrogens (tertiary/aromatic N) is 1. The maximum atomic E-state index is 11.1. The second-order valence-electron chi connectivity index (χ2n) is 8.04. The largest absolute Gasteiger partial charge is 0.507 e. The Labute approximate surface area is 176 Å². The van der Waals surface area contributed by atoms with Gasteiger partial charge in [0.15, 0.2) is 0 Å². The van der Waals surface area contributed by atoms with Crippen molar-refractivity contribution in [2.75, 3.05) is 11.4 Å². The van der Waals surface area contributed by atoms with Crippen molar-refractivity contribution >= 4 is 28.5 Å². The van der Waals surface area contributed by atoms with Gasteiger partial charge in [-0.1, -0.05) is 62.4 Å². The third kappa shape index (κ3) is 3.14. The molecular formula is C26H25NO3. The van der Waals surface area contributed by atoms with Gasteiger partial charge in [-0.3, -0.25) is 0 Å². The van der Waals surface area contributed by atoms with Crippen molar-refractivity contribution in [2.24, 2.45) is 0 Å². The summed E-state index contributed by atoms with van der Waals surface area (Å²) >= 11 is 0. The van der Waals surface area contributed by atoms with Gasteiger partial charge in [-0.2, -0.15) is 0 Å². The molecule has 3 aromatic carbocycles. The average Bonchev–Trinajstić information content (AvgIpc) is 2.94. The molecule has 0 amide bonds. The quantitative estimate of drug-likeness (QED) is 0.568. The number of benzene rings is 3. The van der Waals surface area contributed by atoms with Gasteiger partial charge >= 0.3 is 5.97 Å². The summed E-state index contributed by atoms with van der Waals surface area (Å²) in [7, 11) is 0. The van der Waals surface area contributed by atoms with E-state index in [1.807, 2.05) is 12.2 Å². The Balaban J connectivity index is 1.74. The van der Waals surface area contributed by atoms with Crippen LogP contribution in [0.4, 0.5) is 5.69 Å². The number of hydrogen-bond acceptors (Lipinski definition) is 3. The number of phenols is 1. The van der Waals surface area contributed by atoms with E-state index in [1.165, 1.54) is 39.9 Å². The minimum atomic E-state index is -1.14. The molecule has 0 aliphatic carbocycles. The second-order valence-corrected chi connectivity index (χ2v) is 8.04. The molecule has 0 bridgehead atoms. The normalized spacial score (nSPS) is 16.5. The standard InChI is InChI=1S/C26H25NO3/c1-4-27-21-15-13-18-9-5-6-10-19(18)24(21)26(2,3)23(27)11-7-8-17-12-14-20(25(29)30)22(28)16-17/h5-16,28H,4H2,1-3H3,(H,29,30)/b8-7+,23-11+. The van der Waals surface area contributed by atoms with Crippen LogP contribution in [0.2, 0.25) is 0 Å². The molecule has 0 saturated heterocycles. The lowest BCUT2D eigenvalue weighted by Gasteiger charge is -2.26. The number of fused-ring (bicyclic) bond motifs is 3. The van der Waals surface area contributed by atoms with Crippen LogP contribution in [0, 0.1) is 0 Å². The van der Waals surface area contributed by atoms with Gasteiger partial charge in [0.1, 0.15) is 11.3 Å². The Morgan fingerprint density at radius 3 is 2.57 bits per heavy atom. The molecule has 152 valence electrons. The molecule has 4 heteroatoms. The molecular weight excluding hydrogens is 374 g/mol. The smallest absolute Gasteiger partial charge is 0.339 e. The predicted octanol–water partition coefficient (Wildman–Crippen LogP) is 5.96. The van der Waals surface area contributed by atoms with Crippen molar-refractivity contribution < 1.29 is 15.0 Å². The predicted molar refractivity (Wildman–Crippen MR) is 122 cm³/mol. The van der Waals surface area contributed by atoms with Crippen LogP contribution < -0.4 is 4.90 Å². The molecule has 0 fully saturated rings. The van der Waals surface area contributed by atoms with E-state index >= 15 is 0 Å². The van der Waals surface area contributed by atoms with Crippen LogP contribution in [0.15, 0.2) is 72.4 Å². The molecule has 0 spiro atoms. The van der Waals surface area contributed by atoms with Crippen molar-refractivity contribution in [1.82, 2.24) is 0 Å². The number of carbonyl (C=O) groups is 1. The zero-order valence-corrected chi connectivity index (χ0v) is 17.4.